The third kappa shape index (κ3) is 6.16. The number of ether oxygens (including phenoxy) is 1. The van der Waals surface area contributed by atoms with E-state index in [4.69, 9.17) is 9.26 Å². The molecule has 33 heavy (non-hydrogen) atoms. The van der Waals surface area contributed by atoms with Gasteiger partial charge in [0.1, 0.15) is 5.75 Å². The number of amides is 2. The molecule has 2 N–H and O–H groups in total. The highest BCUT2D eigenvalue weighted by atomic mass is 16.5. The van der Waals surface area contributed by atoms with Crippen LogP contribution in [0.3, 0.4) is 0 Å². The molecule has 0 saturated heterocycles. The van der Waals surface area contributed by atoms with Crippen LogP contribution in [0.4, 0.5) is 16.2 Å². The summed E-state index contributed by atoms with van der Waals surface area (Å²) in [6.07, 6.45) is 5.84. The second-order valence-electron chi connectivity index (χ2n) is 7.39. The molecule has 0 radical (unpaired) electrons. The molecular formula is C25H25N5O3. The van der Waals surface area contributed by atoms with Crippen molar-refractivity contribution in [1.29, 1.82) is 0 Å². The number of benzene rings is 2. The van der Waals surface area contributed by atoms with Gasteiger partial charge in [0.2, 0.25) is 11.7 Å². The van der Waals surface area contributed by atoms with Crippen LogP contribution in [-0.2, 0) is 6.42 Å². The van der Waals surface area contributed by atoms with Crippen molar-refractivity contribution >= 4 is 17.4 Å². The van der Waals surface area contributed by atoms with Crippen LogP contribution in [0.25, 0.3) is 11.4 Å². The number of carbonyl (C=O) groups excluding carboxylic acids is 1. The first-order valence-corrected chi connectivity index (χ1v) is 10.8. The summed E-state index contributed by atoms with van der Waals surface area (Å²) in [7, 11) is 0. The van der Waals surface area contributed by atoms with E-state index in [2.05, 4.69) is 32.7 Å². The fourth-order valence-corrected chi connectivity index (χ4v) is 3.15. The van der Waals surface area contributed by atoms with Crippen molar-refractivity contribution in [2.24, 2.45) is 0 Å². The second kappa shape index (κ2) is 10.9. The van der Waals surface area contributed by atoms with Crippen LogP contribution in [-0.4, -0.2) is 27.8 Å². The van der Waals surface area contributed by atoms with Crippen molar-refractivity contribution in [2.45, 2.75) is 26.2 Å². The molecule has 0 aliphatic heterocycles. The smallest absolute Gasteiger partial charge is 0.323 e. The first-order valence-electron chi connectivity index (χ1n) is 10.8. The Morgan fingerprint density at radius 3 is 2.67 bits per heavy atom. The number of nitrogens with zero attached hydrogens (tertiary/aromatic N) is 3. The number of unbranched alkanes of at least 4 members (excludes halogenated alkanes) is 1. The van der Waals surface area contributed by atoms with Gasteiger partial charge in [0.15, 0.2) is 0 Å². The summed E-state index contributed by atoms with van der Waals surface area (Å²) in [6.45, 7) is 2.80. The van der Waals surface area contributed by atoms with E-state index >= 15 is 0 Å². The monoisotopic (exact) mass is 443 g/mol. The highest BCUT2D eigenvalue weighted by Gasteiger charge is 2.13. The molecule has 8 heteroatoms. The van der Waals surface area contributed by atoms with Gasteiger partial charge in [0, 0.05) is 29.3 Å². The lowest BCUT2D eigenvalue weighted by atomic mass is 10.1. The highest BCUT2D eigenvalue weighted by molar-refractivity contribution is 6.00. The number of anilines is 2. The van der Waals surface area contributed by atoms with Crippen molar-refractivity contribution in [2.75, 3.05) is 17.2 Å². The summed E-state index contributed by atoms with van der Waals surface area (Å²) in [5, 5.41) is 9.75. The standard InChI is InChI=1S/C25H25N5O3/c1-2-3-15-32-21-12-10-20(11-13-21)27-25(31)28-22-9-5-4-7-18(22)16-23-29-24(30-33-23)19-8-6-14-26-17-19/h4-14,17H,2-3,15-16H2,1H3,(H2,27,28,31). The molecule has 2 aromatic carbocycles. The van der Waals surface area contributed by atoms with Gasteiger partial charge in [-0.3, -0.25) is 4.98 Å². The second-order valence-corrected chi connectivity index (χ2v) is 7.39. The van der Waals surface area contributed by atoms with E-state index < -0.39 is 0 Å². The van der Waals surface area contributed by atoms with Gasteiger partial charge >= 0.3 is 6.03 Å². The van der Waals surface area contributed by atoms with E-state index in [-0.39, 0.29) is 6.03 Å². The zero-order valence-corrected chi connectivity index (χ0v) is 18.3. The molecule has 0 aliphatic carbocycles. The van der Waals surface area contributed by atoms with E-state index in [0.717, 1.165) is 29.7 Å². The van der Waals surface area contributed by atoms with Crippen molar-refractivity contribution < 1.29 is 14.1 Å². The Hall–Kier alpha value is -4.20. The lowest BCUT2D eigenvalue weighted by molar-refractivity contribution is 0.262. The van der Waals surface area contributed by atoms with Crippen LogP contribution in [0.15, 0.2) is 77.6 Å². The van der Waals surface area contributed by atoms with Crippen LogP contribution >= 0.6 is 0 Å². The fraction of sp³-hybridized carbons (Fsp3) is 0.200. The molecule has 0 fully saturated rings. The molecule has 2 amide bonds. The largest absolute Gasteiger partial charge is 0.494 e. The maximum Gasteiger partial charge on any atom is 0.323 e. The fourth-order valence-electron chi connectivity index (χ4n) is 3.15. The molecule has 4 rings (SSSR count). The van der Waals surface area contributed by atoms with Gasteiger partial charge in [0.25, 0.3) is 0 Å². The molecule has 2 aromatic heterocycles. The van der Waals surface area contributed by atoms with E-state index in [1.807, 2.05) is 60.7 Å². The normalized spacial score (nSPS) is 10.6. The van der Waals surface area contributed by atoms with Gasteiger partial charge in [-0.15, -0.1) is 0 Å². The van der Waals surface area contributed by atoms with Crippen LogP contribution in [0.2, 0.25) is 0 Å². The molecule has 0 saturated carbocycles. The molecule has 0 unspecified atom stereocenters. The van der Waals surface area contributed by atoms with E-state index in [1.165, 1.54) is 0 Å². The topological polar surface area (TPSA) is 102 Å². The zero-order valence-electron chi connectivity index (χ0n) is 18.3. The lowest BCUT2D eigenvalue weighted by Gasteiger charge is -2.11. The summed E-state index contributed by atoms with van der Waals surface area (Å²) < 4.78 is 11.0. The number of hydrogen-bond acceptors (Lipinski definition) is 6. The zero-order chi connectivity index (χ0) is 22.9. The number of aromatic nitrogens is 3. The Labute approximate surface area is 192 Å². The van der Waals surface area contributed by atoms with Gasteiger partial charge in [-0.25, -0.2) is 4.79 Å². The van der Waals surface area contributed by atoms with Crippen LogP contribution in [0, 0.1) is 0 Å². The van der Waals surface area contributed by atoms with Gasteiger partial charge in [-0.2, -0.15) is 4.98 Å². The van der Waals surface area contributed by atoms with Crippen molar-refractivity contribution in [3.63, 3.8) is 0 Å². The summed E-state index contributed by atoms with van der Waals surface area (Å²) in [5.41, 5.74) is 2.97. The first kappa shape index (κ1) is 22.0. The third-order valence-electron chi connectivity index (χ3n) is 4.87. The molecule has 2 heterocycles. The number of hydrogen-bond donors (Lipinski definition) is 2. The van der Waals surface area contributed by atoms with Crippen molar-refractivity contribution in [1.82, 2.24) is 15.1 Å². The number of pyridine rings is 1. The van der Waals surface area contributed by atoms with Crippen LogP contribution < -0.4 is 15.4 Å². The minimum Gasteiger partial charge on any atom is -0.494 e. The molecule has 4 aromatic rings. The van der Waals surface area contributed by atoms with Gasteiger partial charge in [-0.05, 0) is 54.4 Å². The molecule has 168 valence electrons. The first-order chi connectivity index (χ1) is 16.2. The SMILES string of the molecule is CCCCOc1ccc(NC(=O)Nc2ccccc2Cc2nc(-c3cccnc3)no2)cc1. The minimum absolute atomic E-state index is 0.344. The highest BCUT2D eigenvalue weighted by Crippen LogP contribution is 2.21. The number of carbonyl (C=O) groups is 1. The average molecular weight is 444 g/mol. The minimum atomic E-state index is -0.344. The maximum absolute atomic E-state index is 12.6. The summed E-state index contributed by atoms with van der Waals surface area (Å²) in [4.78, 5) is 21.1. The summed E-state index contributed by atoms with van der Waals surface area (Å²) >= 11 is 0. The Kier molecular flexibility index (Phi) is 7.27. The van der Waals surface area contributed by atoms with Gasteiger partial charge < -0.3 is 19.9 Å². The van der Waals surface area contributed by atoms with Crippen molar-refractivity contribution in [3.8, 4) is 17.1 Å². The molecule has 0 bridgehead atoms. The number of nitrogens with one attached hydrogen (secondary N) is 2. The molecule has 8 nitrogen and oxygen atoms in total. The number of rotatable bonds is 9. The van der Waals surface area contributed by atoms with Gasteiger partial charge in [-0.1, -0.05) is 36.7 Å². The summed E-state index contributed by atoms with van der Waals surface area (Å²) in [5.74, 6) is 1.70. The predicted octanol–water partition coefficient (Wildman–Crippen LogP) is 5.55. The summed E-state index contributed by atoms with van der Waals surface area (Å²) in [6, 6.07) is 18.1. The molecular weight excluding hydrogens is 418 g/mol. The van der Waals surface area contributed by atoms with Crippen LogP contribution in [0.1, 0.15) is 31.2 Å². The number of para-hydroxylation sites is 1. The quantitative estimate of drug-likeness (QED) is 0.329. The molecule has 0 atom stereocenters. The Morgan fingerprint density at radius 1 is 1.03 bits per heavy atom. The predicted molar refractivity (Wildman–Crippen MR) is 126 cm³/mol. The molecule has 0 spiro atoms. The van der Waals surface area contributed by atoms with Crippen molar-refractivity contribution in [3.05, 3.63) is 84.5 Å². The Balaban J connectivity index is 1.37. The Bertz CT molecular complexity index is 1180. The third-order valence-corrected chi connectivity index (χ3v) is 4.87. The van der Waals surface area contributed by atoms with E-state index in [1.54, 1.807) is 12.4 Å². The van der Waals surface area contributed by atoms with E-state index in [0.29, 0.717) is 36.1 Å². The van der Waals surface area contributed by atoms with E-state index in [9.17, 15) is 4.79 Å². The molecule has 0 aliphatic rings. The maximum atomic E-state index is 12.6. The number of urea groups is 1. The van der Waals surface area contributed by atoms with Gasteiger partial charge in [0.05, 0.1) is 13.0 Å². The Morgan fingerprint density at radius 2 is 1.88 bits per heavy atom. The average Bonchev–Trinajstić information content (AvgIpc) is 3.31. The lowest BCUT2D eigenvalue weighted by Crippen LogP contribution is -2.20. The van der Waals surface area contributed by atoms with Crippen LogP contribution in [0.5, 0.6) is 5.75 Å².